The highest BCUT2D eigenvalue weighted by Crippen LogP contribution is 2.17. The molecule has 0 spiro atoms. The Labute approximate surface area is 90.1 Å². The molecule has 2 heterocycles. The van der Waals surface area contributed by atoms with Gasteiger partial charge in [0, 0.05) is 12.7 Å². The van der Waals surface area contributed by atoms with Crippen LogP contribution in [0.3, 0.4) is 0 Å². The van der Waals surface area contributed by atoms with Gasteiger partial charge in [0.15, 0.2) is 0 Å². The van der Waals surface area contributed by atoms with Gasteiger partial charge in [0.25, 0.3) is 0 Å². The van der Waals surface area contributed by atoms with Crippen molar-refractivity contribution in [3.8, 4) is 6.07 Å². The molecule has 4 heteroatoms. The maximum atomic E-state index is 8.68. The lowest BCUT2D eigenvalue weighted by Crippen LogP contribution is -2.31. The molecule has 2 rings (SSSR count). The van der Waals surface area contributed by atoms with E-state index in [1.807, 2.05) is 10.9 Å². The molecule has 0 amide bonds. The third-order valence-electron chi connectivity index (χ3n) is 3.05. The Balaban J connectivity index is 1.89. The van der Waals surface area contributed by atoms with Crippen LogP contribution < -0.4 is 0 Å². The summed E-state index contributed by atoms with van der Waals surface area (Å²) < 4.78 is 1.90. The van der Waals surface area contributed by atoms with Gasteiger partial charge in [-0.2, -0.15) is 10.4 Å². The predicted molar refractivity (Wildman–Crippen MR) is 57.2 cm³/mol. The minimum Gasteiger partial charge on any atom is -0.306 e. The van der Waals surface area contributed by atoms with Crippen molar-refractivity contribution in [3.63, 3.8) is 0 Å². The first-order chi connectivity index (χ1) is 7.28. The molecular formula is C11H16N4. The minimum absolute atomic E-state index is 0.655. The molecule has 1 saturated heterocycles. The fourth-order valence-electron chi connectivity index (χ4n) is 2.03. The molecule has 1 aliphatic rings. The molecule has 0 radical (unpaired) electrons. The summed E-state index contributed by atoms with van der Waals surface area (Å²) in [4.78, 5) is 2.36. The third kappa shape index (κ3) is 2.57. The van der Waals surface area contributed by atoms with Crippen LogP contribution in [0.4, 0.5) is 0 Å². The van der Waals surface area contributed by atoms with Gasteiger partial charge in [0.05, 0.1) is 11.8 Å². The summed E-state index contributed by atoms with van der Waals surface area (Å²) in [6, 6.07) is 2.10. The number of nitrogens with zero attached hydrogens (tertiary/aromatic N) is 4. The zero-order valence-electron chi connectivity index (χ0n) is 9.06. The van der Waals surface area contributed by atoms with E-state index in [0.29, 0.717) is 11.5 Å². The first-order valence-corrected chi connectivity index (χ1v) is 5.39. The molecule has 15 heavy (non-hydrogen) atoms. The number of aromatic nitrogens is 2. The molecule has 80 valence electrons. The number of piperidine rings is 1. The molecule has 1 aromatic heterocycles. The van der Waals surface area contributed by atoms with E-state index >= 15 is 0 Å². The van der Waals surface area contributed by atoms with Gasteiger partial charge in [-0.1, -0.05) is 0 Å². The number of rotatable bonds is 2. The summed E-state index contributed by atoms with van der Waals surface area (Å²) in [6.45, 7) is 3.31. The van der Waals surface area contributed by atoms with Crippen molar-refractivity contribution in [1.29, 1.82) is 5.26 Å². The lowest BCUT2D eigenvalue weighted by Gasteiger charge is -2.28. The monoisotopic (exact) mass is 204 g/mol. The summed E-state index contributed by atoms with van der Waals surface area (Å²) in [6.07, 6.45) is 5.93. The summed E-state index contributed by atoms with van der Waals surface area (Å²) >= 11 is 0. The highest BCUT2D eigenvalue weighted by molar-refractivity contribution is 5.21. The maximum absolute atomic E-state index is 8.68. The standard InChI is InChI=1S/C11H16N4/c1-14-4-2-10(3-5-14)8-15-9-11(6-12)7-13-15/h7,9-10H,2-5,8H2,1H3. The summed E-state index contributed by atoms with van der Waals surface area (Å²) in [7, 11) is 2.16. The summed E-state index contributed by atoms with van der Waals surface area (Å²) in [5, 5.41) is 12.9. The van der Waals surface area contributed by atoms with Crippen LogP contribution in [-0.2, 0) is 6.54 Å². The lowest BCUT2D eigenvalue weighted by molar-refractivity contribution is 0.201. The van der Waals surface area contributed by atoms with Crippen LogP contribution >= 0.6 is 0 Å². The summed E-state index contributed by atoms with van der Waals surface area (Å²) in [5.74, 6) is 0.715. The molecule has 0 atom stereocenters. The van der Waals surface area contributed by atoms with E-state index in [9.17, 15) is 0 Å². The Bertz CT molecular complexity index is 355. The Morgan fingerprint density at radius 1 is 1.53 bits per heavy atom. The molecule has 1 fully saturated rings. The van der Waals surface area contributed by atoms with Crippen molar-refractivity contribution in [3.05, 3.63) is 18.0 Å². The van der Waals surface area contributed by atoms with E-state index in [-0.39, 0.29) is 0 Å². The second-order valence-corrected chi connectivity index (χ2v) is 4.31. The average Bonchev–Trinajstić information content (AvgIpc) is 2.69. The van der Waals surface area contributed by atoms with Crippen molar-refractivity contribution >= 4 is 0 Å². The maximum Gasteiger partial charge on any atom is 0.102 e. The number of hydrogen-bond acceptors (Lipinski definition) is 3. The van der Waals surface area contributed by atoms with Gasteiger partial charge in [-0.05, 0) is 38.9 Å². The number of nitriles is 1. The van der Waals surface area contributed by atoms with Gasteiger partial charge in [-0.15, -0.1) is 0 Å². The topological polar surface area (TPSA) is 44.9 Å². The van der Waals surface area contributed by atoms with Crippen molar-refractivity contribution in [2.45, 2.75) is 19.4 Å². The zero-order chi connectivity index (χ0) is 10.7. The van der Waals surface area contributed by atoms with Crippen LogP contribution in [0.5, 0.6) is 0 Å². The van der Waals surface area contributed by atoms with Gasteiger partial charge < -0.3 is 4.90 Å². The second kappa shape index (κ2) is 4.45. The molecule has 4 nitrogen and oxygen atoms in total. The minimum atomic E-state index is 0.655. The predicted octanol–water partition coefficient (Wildman–Crippen LogP) is 1.10. The normalized spacial score (nSPS) is 18.9. The lowest BCUT2D eigenvalue weighted by atomic mass is 9.97. The van der Waals surface area contributed by atoms with E-state index < -0.39 is 0 Å². The molecule has 0 bridgehead atoms. The quantitative estimate of drug-likeness (QED) is 0.724. The first-order valence-electron chi connectivity index (χ1n) is 5.39. The average molecular weight is 204 g/mol. The highest BCUT2D eigenvalue weighted by atomic mass is 15.3. The van der Waals surface area contributed by atoms with Crippen molar-refractivity contribution in [2.75, 3.05) is 20.1 Å². The zero-order valence-corrected chi connectivity index (χ0v) is 9.06. The van der Waals surface area contributed by atoms with Crippen LogP contribution in [0.2, 0.25) is 0 Å². The van der Waals surface area contributed by atoms with Crippen LogP contribution in [-0.4, -0.2) is 34.8 Å². The fraction of sp³-hybridized carbons (Fsp3) is 0.636. The molecule has 1 aliphatic heterocycles. The Morgan fingerprint density at radius 3 is 2.87 bits per heavy atom. The van der Waals surface area contributed by atoms with Gasteiger partial charge in [0.2, 0.25) is 0 Å². The van der Waals surface area contributed by atoms with Crippen LogP contribution in [0, 0.1) is 17.2 Å². The molecular weight excluding hydrogens is 188 g/mol. The van der Waals surface area contributed by atoms with Crippen molar-refractivity contribution < 1.29 is 0 Å². The van der Waals surface area contributed by atoms with Crippen molar-refractivity contribution in [1.82, 2.24) is 14.7 Å². The highest BCUT2D eigenvalue weighted by Gasteiger charge is 2.17. The molecule has 0 aromatic carbocycles. The van der Waals surface area contributed by atoms with Gasteiger partial charge in [0.1, 0.15) is 6.07 Å². The molecule has 1 aromatic rings. The van der Waals surface area contributed by atoms with E-state index in [0.717, 1.165) is 6.54 Å². The van der Waals surface area contributed by atoms with Gasteiger partial charge >= 0.3 is 0 Å². The number of hydrogen-bond donors (Lipinski definition) is 0. The fourth-order valence-corrected chi connectivity index (χ4v) is 2.03. The van der Waals surface area contributed by atoms with Gasteiger partial charge in [-0.25, -0.2) is 0 Å². The SMILES string of the molecule is CN1CCC(Cn2cc(C#N)cn2)CC1. The van der Waals surface area contributed by atoms with Crippen LogP contribution in [0.25, 0.3) is 0 Å². The van der Waals surface area contributed by atoms with Crippen LogP contribution in [0.1, 0.15) is 18.4 Å². The third-order valence-corrected chi connectivity index (χ3v) is 3.05. The largest absolute Gasteiger partial charge is 0.306 e. The molecule has 0 aliphatic carbocycles. The smallest absolute Gasteiger partial charge is 0.102 e. The van der Waals surface area contributed by atoms with E-state index in [1.165, 1.54) is 25.9 Å². The molecule has 0 unspecified atom stereocenters. The number of likely N-dealkylation sites (tertiary alicyclic amines) is 1. The Kier molecular flexibility index (Phi) is 3.02. The Hall–Kier alpha value is -1.34. The molecule has 0 N–H and O–H groups in total. The Morgan fingerprint density at radius 2 is 2.27 bits per heavy atom. The summed E-state index contributed by atoms with van der Waals surface area (Å²) in [5.41, 5.74) is 0.655. The van der Waals surface area contributed by atoms with Gasteiger partial charge in [-0.3, -0.25) is 4.68 Å². The van der Waals surface area contributed by atoms with Crippen LogP contribution in [0.15, 0.2) is 12.4 Å². The van der Waals surface area contributed by atoms with E-state index in [4.69, 9.17) is 5.26 Å². The molecule has 0 saturated carbocycles. The van der Waals surface area contributed by atoms with E-state index in [2.05, 4.69) is 23.1 Å². The van der Waals surface area contributed by atoms with E-state index in [1.54, 1.807) is 6.20 Å². The second-order valence-electron chi connectivity index (χ2n) is 4.31. The van der Waals surface area contributed by atoms with Crippen molar-refractivity contribution in [2.24, 2.45) is 5.92 Å². The first kappa shape index (κ1) is 10.2.